The lowest BCUT2D eigenvalue weighted by Gasteiger charge is -2.33. The van der Waals surface area contributed by atoms with E-state index in [9.17, 15) is 14.4 Å². The van der Waals surface area contributed by atoms with Gasteiger partial charge in [0.2, 0.25) is 5.91 Å². The first-order valence-corrected chi connectivity index (χ1v) is 10.9. The highest BCUT2D eigenvalue weighted by Crippen LogP contribution is 2.36. The zero-order valence-corrected chi connectivity index (χ0v) is 18.0. The summed E-state index contributed by atoms with van der Waals surface area (Å²) in [5.41, 5.74) is 1.97. The molecule has 2 aromatic rings. The van der Waals surface area contributed by atoms with Crippen molar-refractivity contribution in [3.05, 3.63) is 36.0 Å². The van der Waals surface area contributed by atoms with Crippen LogP contribution in [0.2, 0.25) is 0 Å². The van der Waals surface area contributed by atoms with Crippen molar-refractivity contribution < 1.29 is 14.4 Å². The lowest BCUT2D eigenvalue weighted by molar-refractivity contribution is -0.136. The Morgan fingerprint density at radius 3 is 2.74 bits per heavy atom. The fourth-order valence-electron chi connectivity index (χ4n) is 4.47. The van der Waals surface area contributed by atoms with Crippen LogP contribution in [-0.4, -0.2) is 52.9 Å². The van der Waals surface area contributed by atoms with Gasteiger partial charge in [-0.2, -0.15) is 0 Å². The van der Waals surface area contributed by atoms with E-state index < -0.39 is 11.6 Å². The number of nitrogens with zero attached hydrogens (tertiary/aromatic N) is 2. The number of carbonyl (C=O) groups excluding carboxylic acids is 3. The number of aryl methyl sites for hydroxylation is 1. The van der Waals surface area contributed by atoms with Crippen molar-refractivity contribution in [2.45, 2.75) is 45.1 Å². The number of hydrogen-bond donors (Lipinski definition) is 3. The molecule has 0 atom stereocenters. The number of hydrogen-bond acceptors (Lipinski definition) is 5. The van der Waals surface area contributed by atoms with Gasteiger partial charge < -0.3 is 16.0 Å². The van der Waals surface area contributed by atoms with E-state index in [4.69, 9.17) is 0 Å². The first-order chi connectivity index (χ1) is 14.9. The molecule has 0 unspecified atom stereocenters. The van der Waals surface area contributed by atoms with E-state index in [0.29, 0.717) is 31.8 Å². The first-order valence-electron chi connectivity index (χ1n) is 10.9. The summed E-state index contributed by atoms with van der Waals surface area (Å²) >= 11 is 0. The topological polar surface area (TPSA) is 103 Å². The van der Waals surface area contributed by atoms with Gasteiger partial charge in [-0.15, -0.1) is 0 Å². The molecule has 4 amide bonds. The SMILES string of the molecule is Cc1cc(NCCNC(=O)CN2C(=O)NC3(CCC(C)CC3)C2=O)c2ccccc2n1. The van der Waals surface area contributed by atoms with Gasteiger partial charge in [0.1, 0.15) is 12.1 Å². The maximum Gasteiger partial charge on any atom is 0.325 e. The molecule has 2 fully saturated rings. The number of urea groups is 1. The van der Waals surface area contributed by atoms with Gasteiger partial charge in [0.25, 0.3) is 5.91 Å². The smallest absolute Gasteiger partial charge is 0.325 e. The molecule has 0 bridgehead atoms. The number of pyridine rings is 1. The summed E-state index contributed by atoms with van der Waals surface area (Å²) in [5, 5.41) is 9.99. The minimum Gasteiger partial charge on any atom is -0.383 e. The fourth-order valence-corrected chi connectivity index (χ4v) is 4.47. The number of rotatable bonds is 6. The highest BCUT2D eigenvalue weighted by Gasteiger charge is 2.52. The van der Waals surface area contributed by atoms with Gasteiger partial charge in [-0.1, -0.05) is 25.1 Å². The molecule has 2 heterocycles. The minimum absolute atomic E-state index is 0.251. The van der Waals surface area contributed by atoms with E-state index in [1.165, 1.54) is 0 Å². The van der Waals surface area contributed by atoms with Crippen molar-refractivity contribution in [3.8, 4) is 0 Å². The molecule has 1 spiro atoms. The molecule has 1 aromatic carbocycles. The van der Waals surface area contributed by atoms with E-state index in [1.54, 1.807) is 0 Å². The van der Waals surface area contributed by atoms with Crippen LogP contribution in [0, 0.1) is 12.8 Å². The summed E-state index contributed by atoms with van der Waals surface area (Å²) in [4.78, 5) is 43.1. The number of imide groups is 1. The highest BCUT2D eigenvalue weighted by molar-refractivity contribution is 6.09. The van der Waals surface area contributed by atoms with Crippen LogP contribution < -0.4 is 16.0 Å². The second kappa shape index (κ2) is 8.53. The van der Waals surface area contributed by atoms with Crippen LogP contribution >= 0.6 is 0 Å². The molecule has 31 heavy (non-hydrogen) atoms. The summed E-state index contributed by atoms with van der Waals surface area (Å²) < 4.78 is 0. The van der Waals surface area contributed by atoms with Crippen LogP contribution in [-0.2, 0) is 9.59 Å². The highest BCUT2D eigenvalue weighted by atomic mass is 16.2. The minimum atomic E-state index is -0.814. The number of aromatic nitrogens is 1. The van der Waals surface area contributed by atoms with E-state index >= 15 is 0 Å². The molecule has 1 saturated carbocycles. The monoisotopic (exact) mass is 423 g/mol. The van der Waals surface area contributed by atoms with Crippen LogP contribution in [0.5, 0.6) is 0 Å². The third-order valence-corrected chi connectivity index (χ3v) is 6.28. The van der Waals surface area contributed by atoms with Crippen molar-refractivity contribution in [2.24, 2.45) is 5.92 Å². The lowest BCUT2D eigenvalue weighted by atomic mass is 9.77. The maximum absolute atomic E-state index is 12.9. The number of amides is 4. The fraction of sp³-hybridized carbons (Fsp3) is 0.478. The Hall–Kier alpha value is -3.16. The zero-order chi connectivity index (χ0) is 22.0. The van der Waals surface area contributed by atoms with E-state index in [1.807, 2.05) is 37.3 Å². The average Bonchev–Trinajstić information content (AvgIpc) is 2.97. The van der Waals surface area contributed by atoms with Crippen LogP contribution in [0.15, 0.2) is 30.3 Å². The Bertz CT molecular complexity index is 1010. The molecular weight excluding hydrogens is 394 g/mol. The molecule has 4 rings (SSSR count). The number of benzene rings is 1. The number of anilines is 1. The van der Waals surface area contributed by atoms with E-state index in [-0.39, 0.29) is 18.4 Å². The molecule has 1 aromatic heterocycles. The first kappa shape index (κ1) is 21.1. The summed E-state index contributed by atoms with van der Waals surface area (Å²) in [6, 6.07) is 9.39. The maximum atomic E-state index is 12.9. The van der Waals surface area contributed by atoms with Gasteiger partial charge in [-0.25, -0.2) is 4.79 Å². The number of nitrogens with one attached hydrogen (secondary N) is 3. The molecule has 1 aliphatic carbocycles. The summed E-state index contributed by atoms with van der Waals surface area (Å²) in [6.45, 7) is 4.74. The Morgan fingerprint density at radius 2 is 1.97 bits per heavy atom. The number of para-hydroxylation sites is 1. The lowest BCUT2D eigenvalue weighted by Crippen LogP contribution is -2.50. The largest absolute Gasteiger partial charge is 0.383 e. The number of fused-ring (bicyclic) bond motifs is 1. The van der Waals surface area contributed by atoms with Crippen molar-refractivity contribution in [1.29, 1.82) is 0 Å². The number of carbonyl (C=O) groups is 3. The molecule has 0 radical (unpaired) electrons. The van der Waals surface area contributed by atoms with Crippen LogP contribution in [0.3, 0.4) is 0 Å². The predicted molar refractivity (Wildman–Crippen MR) is 119 cm³/mol. The van der Waals surface area contributed by atoms with Crippen LogP contribution in [0.25, 0.3) is 10.9 Å². The molecule has 1 aliphatic heterocycles. The zero-order valence-electron chi connectivity index (χ0n) is 18.0. The van der Waals surface area contributed by atoms with Crippen LogP contribution in [0.4, 0.5) is 10.5 Å². The molecule has 164 valence electrons. The molecule has 8 heteroatoms. The summed E-state index contributed by atoms with van der Waals surface area (Å²) in [7, 11) is 0. The van der Waals surface area contributed by atoms with Crippen molar-refractivity contribution in [1.82, 2.24) is 20.5 Å². The summed E-state index contributed by atoms with van der Waals surface area (Å²) in [5.74, 6) is -0.0554. The normalized spacial score (nSPS) is 23.3. The third kappa shape index (κ3) is 4.33. The average molecular weight is 424 g/mol. The van der Waals surface area contributed by atoms with Crippen molar-refractivity contribution in [3.63, 3.8) is 0 Å². The predicted octanol–water partition coefficient (Wildman–Crippen LogP) is 2.57. The Balaban J connectivity index is 1.28. The second-order valence-electron chi connectivity index (χ2n) is 8.69. The van der Waals surface area contributed by atoms with Crippen molar-refractivity contribution >= 4 is 34.4 Å². The van der Waals surface area contributed by atoms with Gasteiger partial charge in [0, 0.05) is 29.9 Å². The van der Waals surface area contributed by atoms with Crippen molar-refractivity contribution in [2.75, 3.05) is 25.0 Å². The van der Waals surface area contributed by atoms with Gasteiger partial charge in [-0.05, 0) is 50.7 Å². The second-order valence-corrected chi connectivity index (χ2v) is 8.69. The quantitative estimate of drug-likeness (QED) is 0.489. The Morgan fingerprint density at radius 1 is 1.23 bits per heavy atom. The molecular formula is C23H29N5O3. The standard InChI is InChI=1S/C23H29N5O3/c1-15-7-9-23(10-8-15)21(30)28(22(31)27-23)14-20(29)25-12-11-24-19-13-16(2)26-18-6-4-3-5-17(18)19/h3-6,13,15H,7-12,14H2,1-2H3,(H,24,26)(H,25,29)(H,27,31). The van der Waals surface area contributed by atoms with Gasteiger partial charge >= 0.3 is 6.03 Å². The van der Waals surface area contributed by atoms with Gasteiger partial charge in [0.05, 0.1) is 5.52 Å². The molecule has 3 N–H and O–H groups in total. The van der Waals surface area contributed by atoms with E-state index in [2.05, 4.69) is 27.9 Å². The van der Waals surface area contributed by atoms with Crippen LogP contribution in [0.1, 0.15) is 38.3 Å². The Kier molecular flexibility index (Phi) is 5.80. The molecule has 2 aliphatic rings. The molecule has 1 saturated heterocycles. The van der Waals surface area contributed by atoms with Gasteiger partial charge in [-0.3, -0.25) is 19.5 Å². The molecule has 8 nitrogen and oxygen atoms in total. The third-order valence-electron chi connectivity index (χ3n) is 6.28. The Labute approximate surface area is 181 Å². The summed E-state index contributed by atoms with van der Waals surface area (Å²) in [6.07, 6.45) is 3.09. The van der Waals surface area contributed by atoms with E-state index in [0.717, 1.165) is 40.0 Å². The van der Waals surface area contributed by atoms with Gasteiger partial charge in [0.15, 0.2) is 0 Å².